The van der Waals surface area contributed by atoms with Crippen LogP contribution in [0, 0.1) is 11.8 Å². The number of hydrogen-bond acceptors (Lipinski definition) is 1. The maximum atomic E-state index is 3.24. The van der Waals surface area contributed by atoms with Crippen molar-refractivity contribution in [3.8, 4) is 0 Å². The topological polar surface area (TPSA) is 12.0 Å². The zero-order valence-electron chi connectivity index (χ0n) is 28.4. The van der Waals surface area contributed by atoms with Crippen LogP contribution >= 0.6 is 22.9 Å². The predicted octanol–water partition coefficient (Wildman–Crippen LogP) is 14.7. The van der Waals surface area contributed by atoms with Gasteiger partial charge in [0.05, 0.1) is 0 Å². The highest BCUT2D eigenvalue weighted by atomic mass is 127. The first kappa shape index (κ1) is 40.7. The summed E-state index contributed by atoms with van der Waals surface area (Å²) in [5.41, 5.74) is 0. The fourth-order valence-electron chi connectivity index (χ4n) is 6.70. The molecule has 0 amide bonds. The molecule has 0 aliphatic rings. The van der Waals surface area contributed by atoms with Crippen LogP contribution in [0.4, 0.5) is 0 Å². The fraction of sp³-hybridized carbons (Fsp3) is 1.00. The van der Waals surface area contributed by atoms with E-state index < -0.39 is 0 Å². The molecule has 0 rings (SSSR count). The molecule has 1 nitrogen and oxygen atoms in total. The summed E-state index contributed by atoms with van der Waals surface area (Å²) < 4.78 is 3.24. The molecular formula is C38H78IN. The molecule has 0 bridgehead atoms. The summed E-state index contributed by atoms with van der Waals surface area (Å²) in [6.07, 6.45) is 47.0. The lowest BCUT2D eigenvalue weighted by molar-refractivity contribution is 0.339. The van der Waals surface area contributed by atoms with Gasteiger partial charge in [0.1, 0.15) is 0 Å². The number of hydrogen-bond donors (Lipinski definition) is 1. The van der Waals surface area contributed by atoms with E-state index >= 15 is 0 Å². The van der Waals surface area contributed by atoms with Gasteiger partial charge in [-0.1, -0.05) is 220 Å². The third-order valence-electron chi connectivity index (χ3n) is 9.51. The van der Waals surface area contributed by atoms with Crippen molar-refractivity contribution in [1.82, 2.24) is 3.53 Å². The molecule has 2 heteroatoms. The second kappa shape index (κ2) is 35.9. The Morgan fingerprint density at radius 3 is 0.875 bits per heavy atom. The summed E-state index contributed by atoms with van der Waals surface area (Å²) in [7, 11) is 0. The summed E-state index contributed by atoms with van der Waals surface area (Å²) in [5.74, 6) is 2.05. The molecule has 0 saturated carbocycles. The molecule has 2 atom stereocenters. The first-order chi connectivity index (χ1) is 19.8. The van der Waals surface area contributed by atoms with Crippen LogP contribution in [0.2, 0.25) is 0 Å². The Bertz CT molecular complexity index is 439. The second-order valence-corrected chi connectivity index (χ2v) is 14.2. The molecule has 0 aliphatic carbocycles. The monoisotopic (exact) mass is 676 g/mol. The van der Waals surface area contributed by atoms with Crippen LogP contribution in [0.3, 0.4) is 0 Å². The standard InChI is InChI=1S/C38H78IN/c1-4-7-10-11-12-14-17-20-25-32-37(30-23-8-5-2)34-27-28-35-38(31-24-9-6-3)33-26-21-18-15-13-16-19-22-29-36-40-39/h37-38,40H,4-36H2,1-3H3. The van der Waals surface area contributed by atoms with Gasteiger partial charge < -0.3 is 0 Å². The molecule has 0 spiro atoms. The average Bonchev–Trinajstić information content (AvgIpc) is 2.96. The zero-order valence-corrected chi connectivity index (χ0v) is 30.5. The highest BCUT2D eigenvalue weighted by Gasteiger charge is 2.12. The van der Waals surface area contributed by atoms with E-state index in [0.29, 0.717) is 0 Å². The van der Waals surface area contributed by atoms with Gasteiger partial charge in [-0.05, 0) is 18.3 Å². The summed E-state index contributed by atoms with van der Waals surface area (Å²) in [4.78, 5) is 0. The summed E-state index contributed by atoms with van der Waals surface area (Å²) in [6.45, 7) is 8.23. The minimum absolute atomic E-state index is 1.02. The van der Waals surface area contributed by atoms with Gasteiger partial charge in [0.15, 0.2) is 0 Å². The molecular weight excluding hydrogens is 597 g/mol. The molecule has 0 aliphatic heterocycles. The Labute approximate surface area is 269 Å². The maximum absolute atomic E-state index is 3.24. The Kier molecular flexibility index (Phi) is 36.5. The minimum atomic E-state index is 1.02. The van der Waals surface area contributed by atoms with Crippen LogP contribution in [-0.2, 0) is 0 Å². The van der Waals surface area contributed by atoms with Gasteiger partial charge in [-0.3, -0.25) is 3.53 Å². The predicted molar refractivity (Wildman–Crippen MR) is 194 cm³/mol. The highest BCUT2D eigenvalue weighted by Crippen LogP contribution is 2.27. The lowest BCUT2D eigenvalue weighted by Crippen LogP contribution is -2.04. The van der Waals surface area contributed by atoms with E-state index in [0.717, 1.165) is 11.8 Å². The van der Waals surface area contributed by atoms with E-state index in [9.17, 15) is 0 Å². The first-order valence-electron chi connectivity index (χ1n) is 19.1. The van der Waals surface area contributed by atoms with Crippen molar-refractivity contribution in [1.29, 1.82) is 0 Å². The van der Waals surface area contributed by atoms with Crippen LogP contribution < -0.4 is 3.53 Å². The van der Waals surface area contributed by atoms with Crippen molar-refractivity contribution in [2.75, 3.05) is 6.54 Å². The molecule has 0 aromatic carbocycles. The fourth-order valence-corrected chi connectivity index (χ4v) is 7.09. The lowest BCUT2D eigenvalue weighted by atomic mass is 9.87. The molecule has 242 valence electrons. The quantitative estimate of drug-likeness (QED) is 0.0400. The molecule has 0 fully saturated rings. The van der Waals surface area contributed by atoms with Gasteiger partial charge in [-0.15, -0.1) is 0 Å². The zero-order chi connectivity index (χ0) is 29.2. The van der Waals surface area contributed by atoms with Crippen LogP contribution in [0.25, 0.3) is 0 Å². The minimum Gasteiger partial charge on any atom is -0.261 e. The van der Waals surface area contributed by atoms with Crippen LogP contribution in [0.1, 0.15) is 226 Å². The Hall–Kier alpha value is 0.690. The Morgan fingerprint density at radius 2 is 0.550 bits per heavy atom. The van der Waals surface area contributed by atoms with E-state index in [1.54, 1.807) is 0 Å². The van der Waals surface area contributed by atoms with E-state index in [1.165, 1.54) is 212 Å². The Morgan fingerprint density at radius 1 is 0.325 bits per heavy atom. The first-order valence-corrected chi connectivity index (χ1v) is 20.2. The van der Waals surface area contributed by atoms with E-state index in [1.807, 2.05) is 0 Å². The van der Waals surface area contributed by atoms with E-state index in [4.69, 9.17) is 0 Å². The molecule has 0 heterocycles. The number of halogens is 1. The number of rotatable bonds is 35. The molecule has 0 radical (unpaired) electrons. The maximum Gasteiger partial charge on any atom is 0.0169 e. The van der Waals surface area contributed by atoms with Crippen molar-refractivity contribution in [2.24, 2.45) is 11.8 Å². The molecule has 2 unspecified atom stereocenters. The van der Waals surface area contributed by atoms with Crippen molar-refractivity contribution >= 4 is 22.9 Å². The normalized spacial score (nSPS) is 13.2. The van der Waals surface area contributed by atoms with Gasteiger partial charge in [0.25, 0.3) is 0 Å². The van der Waals surface area contributed by atoms with Crippen LogP contribution in [0.5, 0.6) is 0 Å². The van der Waals surface area contributed by atoms with Gasteiger partial charge in [-0.25, -0.2) is 0 Å². The van der Waals surface area contributed by atoms with Crippen molar-refractivity contribution < 1.29 is 0 Å². The van der Waals surface area contributed by atoms with Gasteiger partial charge in [0, 0.05) is 29.4 Å². The number of nitrogens with one attached hydrogen (secondary N) is 1. The highest BCUT2D eigenvalue weighted by molar-refractivity contribution is 14.1. The van der Waals surface area contributed by atoms with Crippen LogP contribution in [0.15, 0.2) is 0 Å². The molecule has 40 heavy (non-hydrogen) atoms. The number of unbranched alkanes of at least 4 members (excludes halogenated alkanes) is 21. The van der Waals surface area contributed by atoms with Crippen molar-refractivity contribution in [3.05, 3.63) is 0 Å². The molecule has 0 saturated heterocycles. The largest absolute Gasteiger partial charge is 0.261 e. The van der Waals surface area contributed by atoms with Crippen LogP contribution in [-0.4, -0.2) is 6.54 Å². The smallest absolute Gasteiger partial charge is 0.0169 e. The third kappa shape index (κ3) is 31.6. The summed E-state index contributed by atoms with van der Waals surface area (Å²) >= 11 is 2.27. The van der Waals surface area contributed by atoms with Gasteiger partial charge >= 0.3 is 0 Å². The van der Waals surface area contributed by atoms with E-state index in [-0.39, 0.29) is 0 Å². The van der Waals surface area contributed by atoms with Crippen molar-refractivity contribution in [2.45, 2.75) is 226 Å². The molecule has 0 aromatic rings. The van der Waals surface area contributed by atoms with Gasteiger partial charge in [0.2, 0.25) is 0 Å². The SMILES string of the molecule is CCCCCCCCCCCC(CCCCC)CCCCC(CCCCC)CCCCCCCCCCCNI. The third-order valence-corrected chi connectivity index (χ3v) is 10.0. The second-order valence-electron chi connectivity index (χ2n) is 13.5. The van der Waals surface area contributed by atoms with E-state index in [2.05, 4.69) is 47.2 Å². The van der Waals surface area contributed by atoms with Gasteiger partial charge in [-0.2, -0.15) is 0 Å². The molecule has 0 aromatic heterocycles. The lowest BCUT2D eigenvalue weighted by Gasteiger charge is -2.19. The van der Waals surface area contributed by atoms with Crippen molar-refractivity contribution in [3.63, 3.8) is 0 Å². The summed E-state index contributed by atoms with van der Waals surface area (Å²) in [6, 6.07) is 0. The molecule has 1 N–H and O–H groups in total. The Balaban J connectivity index is 4.09. The average molecular weight is 676 g/mol. The summed E-state index contributed by atoms with van der Waals surface area (Å²) in [5, 5.41) is 0.